The van der Waals surface area contributed by atoms with Crippen molar-refractivity contribution in [1.82, 2.24) is 19.2 Å². The molecular weight excluding hydrogens is 460 g/mol. The number of aromatic nitrogens is 2. The van der Waals surface area contributed by atoms with Crippen LogP contribution < -0.4 is 4.90 Å². The molecule has 1 aliphatic heterocycles. The van der Waals surface area contributed by atoms with Crippen molar-refractivity contribution in [1.29, 1.82) is 5.26 Å². The molecule has 1 fully saturated rings. The second-order valence-corrected chi connectivity index (χ2v) is 9.48. The molecule has 7 heteroatoms. The van der Waals surface area contributed by atoms with E-state index in [2.05, 4.69) is 70.5 Å². The molecule has 37 heavy (non-hydrogen) atoms. The van der Waals surface area contributed by atoms with Crippen LogP contribution in [0.5, 0.6) is 0 Å². The van der Waals surface area contributed by atoms with Crippen LogP contribution in [0.4, 0.5) is 5.69 Å². The minimum Gasteiger partial charge on any atom is -0.371 e. The van der Waals surface area contributed by atoms with E-state index < -0.39 is 0 Å². The zero-order valence-corrected chi connectivity index (χ0v) is 21.7. The van der Waals surface area contributed by atoms with Crippen LogP contribution in [0.3, 0.4) is 0 Å². The van der Waals surface area contributed by atoms with Crippen LogP contribution in [0, 0.1) is 11.3 Å². The molecular formula is C30H32N6O. The first-order chi connectivity index (χ1) is 18.0. The third-order valence-corrected chi connectivity index (χ3v) is 7.27. The Morgan fingerprint density at radius 1 is 0.946 bits per heavy atom. The van der Waals surface area contributed by atoms with Crippen LogP contribution in [0.15, 0.2) is 67.0 Å². The van der Waals surface area contributed by atoms with E-state index >= 15 is 0 Å². The lowest BCUT2D eigenvalue weighted by Gasteiger charge is -2.34. The van der Waals surface area contributed by atoms with Gasteiger partial charge in [-0.2, -0.15) is 5.26 Å². The fourth-order valence-electron chi connectivity index (χ4n) is 4.98. The summed E-state index contributed by atoms with van der Waals surface area (Å²) in [6.07, 6.45) is 3.96. The van der Waals surface area contributed by atoms with Crippen molar-refractivity contribution in [2.75, 3.05) is 51.2 Å². The summed E-state index contributed by atoms with van der Waals surface area (Å²) >= 11 is 0. The number of hydrogen-bond donors (Lipinski definition) is 0. The van der Waals surface area contributed by atoms with Crippen LogP contribution >= 0.6 is 0 Å². The normalized spacial score (nSPS) is 14.1. The van der Waals surface area contributed by atoms with Gasteiger partial charge in [-0.25, -0.2) is 4.98 Å². The molecule has 2 aromatic carbocycles. The molecule has 188 valence electrons. The maximum Gasteiger partial charge on any atom is 0.256 e. The number of likely N-dealkylation sites (N-methyl/N-ethyl adjacent to an activating group) is 1. The Morgan fingerprint density at radius 3 is 2.30 bits per heavy atom. The van der Waals surface area contributed by atoms with Gasteiger partial charge in [0.05, 0.1) is 34.8 Å². The molecule has 1 aliphatic rings. The van der Waals surface area contributed by atoms with Crippen LogP contribution in [0.1, 0.15) is 29.8 Å². The van der Waals surface area contributed by atoms with E-state index in [1.54, 1.807) is 0 Å². The SMILES string of the molecule is CCN(CC)c1cc(-c2ccc3ncc(-c4ccc(C#N)cc4)n3c2)ccc1C(=O)N1CCN(C)CC1. The molecule has 1 amide bonds. The molecule has 0 unspecified atom stereocenters. The van der Waals surface area contributed by atoms with Gasteiger partial charge in [0.15, 0.2) is 0 Å². The molecule has 3 heterocycles. The molecule has 0 radical (unpaired) electrons. The Kier molecular flexibility index (Phi) is 6.93. The number of piperazine rings is 1. The van der Waals surface area contributed by atoms with Gasteiger partial charge in [0.2, 0.25) is 0 Å². The monoisotopic (exact) mass is 492 g/mol. The summed E-state index contributed by atoms with van der Waals surface area (Å²) in [7, 11) is 2.10. The van der Waals surface area contributed by atoms with Crippen molar-refractivity contribution < 1.29 is 4.79 Å². The Morgan fingerprint density at radius 2 is 1.62 bits per heavy atom. The van der Waals surface area contributed by atoms with Crippen LogP contribution in [0.25, 0.3) is 28.0 Å². The number of benzene rings is 2. The van der Waals surface area contributed by atoms with Gasteiger partial charge in [-0.05, 0) is 68.4 Å². The summed E-state index contributed by atoms with van der Waals surface area (Å²) < 4.78 is 2.08. The minimum absolute atomic E-state index is 0.106. The Bertz CT molecular complexity index is 1450. The lowest BCUT2D eigenvalue weighted by atomic mass is 10.0. The van der Waals surface area contributed by atoms with Crippen molar-refractivity contribution >= 4 is 17.2 Å². The number of imidazole rings is 1. The van der Waals surface area contributed by atoms with Crippen molar-refractivity contribution in [3.05, 3.63) is 78.1 Å². The first-order valence-electron chi connectivity index (χ1n) is 12.9. The zero-order valence-electron chi connectivity index (χ0n) is 21.7. The third-order valence-electron chi connectivity index (χ3n) is 7.27. The molecule has 0 atom stereocenters. The fourth-order valence-corrected chi connectivity index (χ4v) is 4.98. The maximum absolute atomic E-state index is 13.5. The topological polar surface area (TPSA) is 67.9 Å². The van der Waals surface area contributed by atoms with Gasteiger partial charge in [-0.1, -0.05) is 18.2 Å². The van der Waals surface area contributed by atoms with E-state index in [1.807, 2.05) is 47.5 Å². The number of carbonyl (C=O) groups is 1. The second-order valence-electron chi connectivity index (χ2n) is 9.48. The molecule has 5 rings (SSSR count). The van der Waals surface area contributed by atoms with E-state index in [0.29, 0.717) is 5.56 Å². The number of amides is 1. The zero-order chi connectivity index (χ0) is 25.9. The summed E-state index contributed by atoms with van der Waals surface area (Å²) in [5, 5.41) is 9.13. The summed E-state index contributed by atoms with van der Waals surface area (Å²) in [6, 6.07) is 20.0. The molecule has 7 nitrogen and oxygen atoms in total. The molecule has 1 saturated heterocycles. The van der Waals surface area contributed by atoms with E-state index in [-0.39, 0.29) is 5.91 Å². The van der Waals surface area contributed by atoms with E-state index in [1.165, 1.54) is 0 Å². The Hall–Kier alpha value is -4.15. The summed E-state index contributed by atoms with van der Waals surface area (Å²) in [5.41, 5.74) is 7.30. The van der Waals surface area contributed by atoms with Gasteiger partial charge >= 0.3 is 0 Å². The average Bonchev–Trinajstić information content (AvgIpc) is 3.37. The van der Waals surface area contributed by atoms with Gasteiger partial charge in [-0.3, -0.25) is 9.20 Å². The standard InChI is InChI=1S/C30H32N6O/c1-4-34(5-2)27-18-24(10-12-26(27)30(37)35-16-14-33(3)15-17-35)25-11-13-29-32-20-28(36(29)21-25)23-8-6-22(19-31)7-9-23/h6-13,18,20-21H,4-5,14-17H2,1-3H3. The lowest BCUT2D eigenvalue weighted by Crippen LogP contribution is -2.47. The molecule has 0 spiro atoms. The third kappa shape index (κ3) is 4.81. The van der Waals surface area contributed by atoms with Gasteiger partial charge in [-0.15, -0.1) is 0 Å². The van der Waals surface area contributed by atoms with E-state index in [9.17, 15) is 4.79 Å². The van der Waals surface area contributed by atoms with Crippen molar-refractivity contribution in [2.24, 2.45) is 0 Å². The quantitative estimate of drug-likeness (QED) is 0.388. The molecule has 0 N–H and O–H groups in total. The van der Waals surface area contributed by atoms with Gasteiger partial charge in [0, 0.05) is 51.0 Å². The van der Waals surface area contributed by atoms with E-state index in [0.717, 1.165) is 78.6 Å². The van der Waals surface area contributed by atoms with Crippen LogP contribution in [-0.4, -0.2) is 71.4 Å². The number of nitriles is 1. The minimum atomic E-state index is 0.106. The first kappa shape index (κ1) is 24.5. The number of hydrogen-bond acceptors (Lipinski definition) is 5. The Balaban J connectivity index is 1.54. The van der Waals surface area contributed by atoms with Gasteiger partial charge < -0.3 is 14.7 Å². The molecule has 4 aromatic rings. The highest BCUT2D eigenvalue weighted by Crippen LogP contribution is 2.31. The predicted octanol–water partition coefficient (Wildman–Crippen LogP) is 4.77. The summed E-state index contributed by atoms with van der Waals surface area (Å²) in [4.78, 5) is 24.6. The van der Waals surface area contributed by atoms with Crippen molar-refractivity contribution in [3.8, 4) is 28.5 Å². The number of nitrogens with zero attached hydrogens (tertiary/aromatic N) is 6. The number of fused-ring (bicyclic) bond motifs is 1. The number of rotatable bonds is 6. The molecule has 0 aliphatic carbocycles. The average molecular weight is 493 g/mol. The second kappa shape index (κ2) is 10.5. The summed E-state index contributed by atoms with van der Waals surface area (Å²) in [6.45, 7) is 9.21. The summed E-state index contributed by atoms with van der Waals surface area (Å²) in [5.74, 6) is 0.106. The van der Waals surface area contributed by atoms with Crippen molar-refractivity contribution in [3.63, 3.8) is 0 Å². The van der Waals surface area contributed by atoms with Gasteiger partial charge in [0.25, 0.3) is 5.91 Å². The molecule has 0 bridgehead atoms. The smallest absolute Gasteiger partial charge is 0.256 e. The van der Waals surface area contributed by atoms with Gasteiger partial charge in [0.1, 0.15) is 5.65 Å². The fraction of sp³-hybridized carbons (Fsp3) is 0.300. The number of carbonyl (C=O) groups excluding carboxylic acids is 1. The van der Waals surface area contributed by atoms with Crippen LogP contribution in [0.2, 0.25) is 0 Å². The Labute approximate surface area is 218 Å². The highest BCUT2D eigenvalue weighted by molar-refractivity contribution is 6.01. The highest BCUT2D eigenvalue weighted by atomic mass is 16.2. The van der Waals surface area contributed by atoms with Crippen LogP contribution in [-0.2, 0) is 0 Å². The maximum atomic E-state index is 13.5. The first-order valence-corrected chi connectivity index (χ1v) is 12.9. The van der Waals surface area contributed by atoms with E-state index in [4.69, 9.17) is 5.26 Å². The molecule has 0 saturated carbocycles. The van der Waals surface area contributed by atoms with Crippen molar-refractivity contribution in [2.45, 2.75) is 13.8 Å². The number of anilines is 1. The number of pyridine rings is 1. The molecule has 2 aromatic heterocycles. The largest absolute Gasteiger partial charge is 0.371 e. The predicted molar refractivity (Wildman–Crippen MR) is 148 cm³/mol. The lowest BCUT2D eigenvalue weighted by molar-refractivity contribution is 0.0664. The highest BCUT2D eigenvalue weighted by Gasteiger charge is 2.24.